The number of aromatic nitrogens is 1. The van der Waals surface area contributed by atoms with Gasteiger partial charge in [-0.1, -0.05) is 48.5 Å². The van der Waals surface area contributed by atoms with Crippen molar-refractivity contribution in [3.63, 3.8) is 0 Å². The minimum Gasteiger partial charge on any atom is -0.494 e. The van der Waals surface area contributed by atoms with Crippen LogP contribution in [0.15, 0.2) is 82.7 Å². The maximum Gasteiger partial charge on any atom is 0.250 e. The molecule has 0 saturated carbocycles. The summed E-state index contributed by atoms with van der Waals surface area (Å²) in [6.07, 6.45) is 1.80. The molecule has 0 atom stereocenters. The van der Waals surface area contributed by atoms with Crippen LogP contribution < -0.4 is 20.9 Å². The third-order valence-corrected chi connectivity index (χ3v) is 4.76. The first-order chi connectivity index (χ1) is 15.2. The van der Waals surface area contributed by atoms with Crippen molar-refractivity contribution in [1.82, 2.24) is 15.2 Å². The molecule has 2 aromatic carbocycles. The zero-order chi connectivity index (χ0) is 21.9. The van der Waals surface area contributed by atoms with Crippen LogP contribution in [0.1, 0.15) is 30.5 Å². The smallest absolute Gasteiger partial charge is 0.250 e. The van der Waals surface area contributed by atoms with E-state index in [1.54, 1.807) is 22.9 Å². The summed E-state index contributed by atoms with van der Waals surface area (Å²) < 4.78 is 7.39. The summed E-state index contributed by atoms with van der Waals surface area (Å²) in [5.74, 6) is 1.65. The van der Waals surface area contributed by atoms with Crippen LogP contribution in [0.5, 0.6) is 5.75 Å². The van der Waals surface area contributed by atoms with Crippen LogP contribution in [0.25, 0.3) is 0 Å². The lowest BCUT2D eigenvalue weighted by atomic mass is 10.1. The molecular weight excluding hydrogens is 388 g/mol. The van der Waals surface area contributed by atoms with Crippen molar-refractivity contribution >= 4 is 5.96 Å². The van der Waals surface area contributed by atoms with Crippen LogP contribution in [-0.4, -0.2) is 23.7 Å². The molecule has 0 radical (unpaired) electrons. The Kier molecular flexibility index (Phi) is 8.29. The van der Waals surface area contributed by atoms with Crippen molar-refractivity contribution in [3.05, 3.63) is 100.0 Å². The molecule has 31 heavy (non-hydrogen) atoms. The lowest BCUT2D eigenvalue weighted by Gasteiger charge is -2.14. The van der Waals surface area contributed by atoms with E-state index in [0.717, 1.165) is 34.9 Å². The molecule has 0 unspecified atom stereocenters. The molecule has 0 bridgehead atoms. The van der Waals surface area contributed by atoms with Gasteiger partial charge in [-0.25, -0.2) is 4.99 Å². The number of nitrogens with zero attached hydrogens (tertiary/aromatic N) is 2. The van der Waals surface area contributed by atoms with Crippen molar-refractivity contribution in [1.29, 1.82) is 0 Å². The van der Waals surface area contributed by atoms with Crippen molar-refractivity contribution in [3.8, 4) is 5.75 Å². The Bertz CT molecular complexity index is 1040. The zero-order valence-electron chi connectivity index (χ0n) is 18.2. The van der Waals surface area contributed by atoms with E-state index >= 15 is 0 Å². The maximum atomic E-state index is 11.9. The monoisotopic (exact) mass is 418 g/mol. The number of nitrogens with one attached hydrogen (secondary N) is 2. The highest BCUT2D eigenvalue weighted by Crippen LogP contribution is 2.17. The van der Waals surface area contributed by atoms with Crippen LogP contribution >= 0.6 is 0 Å². The van der Waals surface area contributed by atoms with E-state index in [1.807, 2.05) is 50.2 Å². The first-order valence-corrected chi connectivity index (χ1v) is 10.7. The summed E-state index contributed by atoms with van der Waals surface area (Å²) >= 11 is 0. The van der Waals surface area contributed by atoms with Gasteiger partial charge in [0.2, 0.25) is 0 Å². The first-order valence-electron chi connectivity index (χ1n) is 10.7. The van der Waals surface area contributed by atoms with Gasteiger partial charge in [0.25, 0.3) is 5.56 Å². The molecular formula is C25H30N4O2. The number of hydrogen-bond donors (Lipinski definition) is 2. The molecule has 0 saturated heterocycles. The molecule has 0 spiro atoms. The molecule has 2 N–H and O–H groups in total. The van der Waals surface area contributed by atoms with Crippen molar-refractivity contribution in [2.75, 3.05) is 13.2 Å². The van der Waals surface area contributed by atoms with Gasteiger partial charge >= 0.3 is 0 Å². The van der Waals surface area contributed by atoms with Crippen LogP contribution in [0.2, 0.25) is 0 Å². The number of pyridine rings is 1. The number of aliphatic imine (C=N–C) groups is 1. The summed E-state index contributed by atoms with van der Waals surface area (Å²) in [6, 6.07) is 21.4. The van der Waals surface area contributed by atoms with Crippen molar-refractivity contribution in [2.24, 2.45) is 4.99 Å². The summed E-state index contributed by atoms with van der Waals surface area (Å²) in [7, 11) is 0. The lowest BCUT2D eigenvalue weighted by molar-refractivity contribution is 0.336. The molecule has 3 rings (SSSR count). The number of benzene rings is 2. The average Bonchev–Trinajstić information content (AvgIpc) is 2.79. The van der Waals surface area contributed by atoms with E-state index in [0.29, 0.717) is 26.2 Å². The fourth-order valence-corrected chi connectivity index (χ4v) is 3.18. The van der Waals surface area contributed by atoms with E-state index in [9.17, 15) is 4.79 Å². The highest BCUT2D eigenvalue weighted by atomic mass is 16.5. The van der Waals surface area contributed by atoms with Crippen LogP contribution in [0.3, 0.4) is 0 Å². The third-order valence-electron chi connectivity index (χ3n) is 4.76. The number of para-hydroxylation sites is 1. The normalized spacial score (nSPS) is 11.2. The van der Waals surface area contributed by atoms with E-state index in [1.165, 1.54) is 0 Å². The topological polar surface area (TPSA) is 67.7 Å². The fraction of sp³-hybridized carbons (Fsp3) is 0.280. The summed E-state index contributed by atoms with van der Waals surface area (Å²) in [5, 5.41) is 6.66. The number of hydrogen-bond acceptors (Lipinski definition) is 3. The van der Waals surface area contributed by atoms with Gasteiger partial charge in [-0.05, 0) is 37.1 Å². The molecule has 0 aliphatic rings. The second-order valence-corrected chi connectivity index (χ2v) is 7.07. The molecule has 162 valence electrons. The Morgan fingerprint density at radius 3 is 2.42 bits per heavy atom. The largest absolute Gasteiger partial charge is 0.494 e. The molecule has 0 amide bonds. The Labute approximate surface area is 183 Å². The van der Waals surface area contributed by atoms with E-state index in [-0.39, 0.29) is 5.56 Å². The molecule has 1 heterocycles. The van der Waals surface area contributed by atoms with Crippen LogP contribution in [0.4, 0.5) is 0 Å². The van der Waals surface area contributed by atoms with Crippen LogP contribution in [0, 0.1) is 0 Å². The standard InChI is InChI=1S/C25H30N4O2/c1-3-26-25(28-18-22-9-5-6-10-23(22)31-4-2)27-17-20-12-14-21(15-13-20)19-29-16-8-7-11-24(29)30/h5-16H,3-4,17-19H2,1-2H3,(H2,26,27,28). The van der Waals surface area contributed by atoms with Gasteiger partial charge in [0.05, 0.1) is 19.7 Å². The molecule has 6 heteroatoms. The molecule has 0 aliphatic carbocycles. The van der Waals surface area contributed by atoms with Crippen molar-refractivity contribution in [2.45, 2.75) is 33.5 Å². The summed E-state index contributed by atoms with van der Waals surface area (Å²) in [6.45, 7) is 7.21. The first kappa shape index (κ1) is 22.2. The quantitative estimate of drug-likeness (QED) is 0.412. The molecule has 0 aliphatic heterocycles. The Hall–Kier alpha value is -3.54. The van der Waals surface area contributed by atoms with Gasteiger partial charge in [-0.15, -0.1) is 0 Å². The number of guanidine groups is 1. The van der Waals surface area contributed by atoms with Crippen molar-refractivity contribution < 1.29 is 4.74 Å². The van der Waals surface area contributed by atoms with Gasteiger partial charge in [-0.2, -0.15) is 0 Å². The summed E-state index contributed by atoms with van der Waals surface area (Å²) in [5.41, 5.74) is 3.29. The van der Waals surface area contributed by atoms with Gasteiger partial charge in [0, 0.05) is 30.9 Å². The van der Waals surface area contributed by atoms with E-state index in [4.69, 9.17) is 9.73 Å². The third kappa shape index (κ3) is 6.74. The molecule has 0 fully saturated rings. The zero-order valence-corrected chi connectivity index (χ0v) is 18.2. The minimum atomic E-state index is 0.00319. The van der Waals surface area contributed by atoms with Gasteiger partial charge in [0.15, 0.2) is 5.96 Å². The highest BCUT2D eigenvalue weighted by molar-refractivity contribution is 5.79. The van der Waals surface area contributed by atoms with Crippen LogP contribution in [-0.2, 0) is 19.6 Å². The maximum absolute atomic E-state index is 11.9. The predicted octanol–water partition coefficient (Wildman–Crippen LogP) is 3.55. The highest BCUT2D eigenvalue weighted by Gasteiger charge is 2.04. The van der Waals surface area contributed by atoms with E-state index in [2.05, 4.69) is 28.8 Å². The Balaban J connectivity index is 1.61. The van der Waals surface area contributed by atoms with E-state index < -0.39 is 0 Å². The molecule has 3 aromatic rings. The molecule has 6 nitrogen and oxygen atoms in total. The van der Waals surface area contributed by atoms with Gasteiger partial charge < -0.3 is 19.9 Å². The fourth-order valence-electron chi connectivity index (χ4n) is 3.18. The molecule has 1 aromatic heterocycles. The minimum absolute atomic E-state index is 0.00319. The van der Waals surface area contributed by atoms with Gasteiger partial charge in [0.1, 0.15) is 5.75 Å². The second kappa shape index (κ2) is 11.6. The Morgan fingerprint density at radius 1 is 0.935 bits per heavy atom. The lowest BCUT2D eigenvalue weighted by Crippen LogP contribution is -2.36. The number of ether oxygens (including phenoxy) is 1. The predicted molar refractivity (Wildman–Crippen MR) is 126 cm³/mol. The SMILES string of the molecule is CCNC(=NCc1ccc(Cn2ccccc2=O)cc1)NCc1ccccc1OCC. The number of rotatable bonds is 9. The summed E-state index contributed by atoms with van der Waals surface area (Å²) in [4.78, 5) is 16.6. The van der Waals surface area contributed by atoms with Gasteiger partial charge in [-0.3, -0.25) is 4.79 Å². The average molecular weight is 419 g/mol. The second-order valence-electron chi connectivity index (χ2n) is 7.07. The Morgan fingerprint density at radius 2 is 1.68 bits per heavy atom.